The van der Waals surface area contributed by atoms with E-state index in [4.69, 9.17) is 0 Å². The second kappa shape index (κ2) is 7.41. The highest BCUT2D eigenvalue weighted by molar-refractivity contribution is 5.78. The molecule has 1 saturated heterocycles. The first-order chi connectivity index (χ1) is 10.1. The first kappa shape index (κ1) is 15.8. The van der Waals surface area contributed by atoms with Gasteiger partial charge in [0.25, 0.3) is 0 Å². The zero-order valence-corrected chi connectivity index (χ0v) is 13.0. The summed E-state index contributed by atoms with van der Waals surface area (Å²) in [6.45, 7) is 4.83. The van der Waals surface area contributed by atoms with E-state index in [1.54, 1.807) is 4.90 Å². The van der Waals surface area contributed by atoms with Crippen molar-refractivity contribution in [2.45, 2.75) is 52.2 Å². The summed E-state index contributed by atoms with van der Waals surface area (Å²) in [5, 5.41) is 9.71. The van der Waals surface area contributed by atoms with Crippen molar-refractivity contribution in [2.24, 2.45) is 0 Å². The van der Waals surface area contributed by atoms with Crippen LogP contribution in [0.1, 0.15) is 43.7 Å². The number of carbonyl (C=O) groups is 1. The molecule has 0 aromatic heterocycles. The maximum absolute atomic E-state index is 11.6. The fourth-order valence-electron chi connectivity index (χ4n) is 2.63. The molecule has 0 aliphatic carbocycles. The van der Waals surface area contributed by atoms with Gasteiger partial charge in [0.05, 0.1) is 0 Å². The summed E-state index contributed by atoms with van der Waals surface area (Å²) in [5.74, 6) is 0.0787. The maximum Gasteiger partial charge on any atom is 0.224 e. The predicted octanol–water partition coefficient (Wildman–Crippen LogP) is 3.20. The van der Waals surface area contributed by atoms with E-state index in [0.717, 1.165) is 19.3 Å². The van der Waals surface area contributed by atoms with Crippen molar-refractivity contribution in [2.75, 3.05) is 6.54 Å². The number of carbonyl (C=O) groups excluding carboxylic acids is 1. The quantitative estimate of drug-likeness (QED) is 0.816. The fourth-order valence-corrected chi connectivity index (χ4v) is 2.63. The van der Waals surface area contributed by atoms with Gasteiger partial charge in [-0.25, -0.2) is 0 Å². The predicted molar refractivity (Wildman–Crippen MR) is 84.8 cm³/mol. The summed E-state index contributed by atoms with van der Waals surface area (Å²) in [7, 11) is 0. The third kappa shape index (κ3) is 4.71. The SMILES string of the molecule is CC(=CCCc1ccc(C)cc1)CCN1C(=O)CCC1O. The van der Waals surface area contributed by atoms with Crippen molar-refractivity contribution in [3.8, 4) is 0 Å². The van der Waals surface area contributed by atoms with Crippen LogP contribution in [0.3, 0.4) is 0 Å². The van der Waals surface area contributed by atoms with E-state index in [-0.39, 0.29) is 5.91 Å². The number of allylic oxidation sites excluding steroid dienone is 1. The van der Waals surface area contributed by atoms with Crippen molar-refractivity contribution >= 4 is 5.91 Å². The van der Waals surface area contributed by atoms with E-state index < -0.39 is 6.23 Å². The van der Waals surface area contributed by atoms with Crippen LogP contribution in [0.4, 0.5) is 0 Å². The topological polar surface area (TPSA) is 40.5 Å². The fraction of sp³-hybridized carbons (Fsp3) is 0.500. The van der Waals surface area contributed by atoms with Crippen LogP contribution in [-0.2, 0) is 11.2 Å². The Balaban J connectivity index is 1.74. The van der Waals surface area contributed by atoms with Crippen molar-refractivity contribution in [1.29, 1.82) is 0 Å². The molecule has 0 saturated carbocycles. The van der Waals surface area contributed by atoms with Gasteiger partial charge in [-0.05, 0) is 38.7 Å². The molecule has 1 N–H and O–H groups in total. The Morgan fingerprint density at radius 1 is 1.38 bits per heavy atom. The van der Waals surface area contributed by atoms with Gasteiger partial charge < -0.3 is 10.0 Å². The number of aryl methyl sites for hydroxylation is 2. The van der Waals surface area contributed by atoms with Crippen LogP contribution >= 0.6 is 0 Å². The molecule has 1 aromatic carbocycles. The van der Waals surface area contributed by atoms with Crippen LogP contribution in [0.25, 0.3) is 0 Å². The molecule has 2 rings (SSSR count). The van der Waals surface area contributed by atoms with E-state index in [1.807, 2.05) is 0 Å². The molecule has 0 radical (unpaired) electrons. The van der Waals surface area contributed by atoms with Crippen LogP contribution in [0.15, 0.2) is 35.9 Å². The Morgan fingerprint density at radius 2 is 2.10 bits per heavy atom. The molecular weight excluding hydrogens is 262 g/mol. The van der Waals surface area contributed by atoms with Crippen LogP contribution in [0.2, 0.25) is 0 Å². The molecule has 0 spiro atoms. The number of nitrogens with zero attached hydrogens (tertiary/aromatic N) is 1. The third-order valence-corrected chi connectivity index (χ3v) is 4.09. The molecule has 1 heterocycles. The zero-order valence-electron chi connectivity index (χ0n) is 13.0. The minimum Gasteiger partial charge on any atom is -0.374 e. The number of rotatable bonds is 6. The van der Waals surface area contributed by atoms with E-state index in [0.29, 0.717) is 19.4 Å². The Hall–Kier alpha value is -1.61. The lowest BCUT2D eigenvalue weighted by Gasteiger charge is -2.20. The highest BCUT2D eigenvalue weighted by atomic mass is 16.3. The van der Waals surface area contributed by atoms with Gasteiger partial charge in [-0.3, -0.25) is 4.79 Å². The molecule has 1 fully saturated rings. The first-order valence-electron chi connectivity index (χ1n) is 7.75. The van der Waals surface area contributed by atoms with Crippen molar-refractivity contribution in [3.05, 3.63) is 47.0 Å². The summed E-state index contributed by atoms with van der Waals surface area (Å²) in [5.41, 5.74) is 3.93. The monoisotopic (exact) mass is 287 g/mol. The lowest BCUT2D eigenvalue weighted by molar-refractivity contribution is -0.133. The lowest BCUT2D eigenvalue weighted by atomic mass is 10.1. The highest BCUT2D eigenvalue weighted by Crippen LogP contribution is 2.18. The number of likely N-dealkylation sites (tertiary alicyclic amines) is 1. The Labute approximate surface area is 127 Å². The van der Waals surface area contributed by atoms with Gasteiger partial charge in [0.1, 0.15) is 6.23 Å². The van der Waals surface area contributed by atoms with Crippen LogP contribution < -0.4 is 0 Å². The van der Waals surface area contributed by atoms with E-state index >= 15 is 0 Å². The van der Waals surface area contributed by atoms with Gasteiger partial charge in [-0.1, -0.05) is 41.5 Å². The summed E-state index contributed by atoms with van der Waals surface area (Å²) < 4.78 is 0. The Morgan fingerprint density at radius 3 is 2.71 bits per heavy atom. The molecule has 1 atom stereocenters. The Kier molecular flexibility index (Phi) is 5.57. The van der Waals surface area contributed by atoms with Crippen molar-refractivity contribution < 1.29 is 9.90 Å². The molecule has 1 aromatic rings. The Bertz CT molecular complexity index is 504. The zero-order chi connectivity index (χ0) is 15.2. The minimum absolute atomic E-state index is 0.0787. The normalized spacial score (nSPS) is 19.4. The summed E-state index contributed by atoms with van der Waals surface area (Å²) >= 11 is 0. The maximum atomic E-state index is 11.6. The summed E-state index contributed by atoms with van der Waals surface area (Å²) in [4.78, 5) is 13.2. The molecule has 3 heteroatoms. The molecule has 1 unspecified atom stereocenters. The second-order valence-electron chi connectivity index (χ2n) is 5.93. The van der Waals surface area contributed by atoms with Crippen molar-refractivity contribution in [1.82, 2.24) is 4.90 Å². The number of aliphatic hydroxyl groups is 1. The largest absolute Gasteiger partial charge is 0.374 e. The molecule has 0 bridgehead atoms. The average Bonchev–Trinajstić information content (AvgIpc) is 2.78. The number of benzene rings is 1. The van der Waals surface area contributed by atoms with Gasteiger partial charge in [0.2, 0.25) is 5.91 Å². The van der Waals surface area contributed by atoms with Crippen LogP contribution in [0, 0.1) is 6.92 Å². The van der Waals surface area contributed by atoms with Crippen molar-refractivity contribution in [3.63, 3.8) is 0 Å². The lowest BCUT2D eigenvalue weighted by Crippen LogP contribution is -2.33. The highest BCUT2D eigenvalue weighted by Gasteiger charge is 2.28. The third-order valence-electron chi connectivity index (χ3n) is 4.09. The molecular formula is C18H25NO2. The number of hydrogen-bond acceptors (Lipinski definition) is 2. The standard InChI is InChI=1S/C18H25NO2/c1-14(12-13-19-17(20)10-11-18(19)21)4-3-5-16-8-6-15(2)7-9-16/h4,6-9,17,20H,3,5,10-13H2,1-2H3. The average molecular weight is 287 g/mol. The molecule has 1 aliphatic heterocycles. The second-order valence-corrected chi connectivity index (χ2v) is 5.93. The van der Waals surface area contributed by atoms with Crippen LogP contribution in [-0.4, -0.2) is 28.7 Å². The summed E-state index contributed by atoms with van der Waals surface area (Å²) in [6, 6.07) is 8.65. The number of amides is 1. The molecule has 1 amide bonds. The molecule has 1 aliphatic rings. The smallest absolute Gasteiger partial charge is 0.224 e. The first-order valence-corrected chi connectivity index (χ1v) is 7.75. The minimum atomic E-state index is -0.571. The molecule has 21 heavy (non-hydrogen) atoms. The number of hydrogen-bond donors (Lipinski definition) is 1. The van der Waals surface area contributed by atoms with Gasteiger partial charge in [0.15, 0.2) is 0 Å². The van der Waals surface area contributed by atoms with E-state index in [2.05, 4.69) is 44.2 Å². The summed E-state index contributed by atoms with van der Waals surface area (Å²) in [6.07, 6.45) is 5.64. The van der Waals surface area contributed by atoms with E-state index in [9.17, 15) is 9.90 Å². The molecule has 114 valence electrons. The van der Waals surface area contributed by atoms with Gasteiger partial charge in [-0.15, -0.1) is 0 Å². The van der Waals surface area contributed by atoms with Gasteiger partial charge in [-0.2, -0.15) is 0 Å². The van der Waals surface area contributed by atoms with E-state index in [1.165, 1.54) is 16.7 Å². The van der Waals surface area contributed by atoms with Gasteiger partial charge >= 0.3 is 0 Å². The number of aliphatic hydroxyl groups excluding tert-OH is 1. The van der Waals surface area contributed by atoms with Gasteiger partial charge in [0, 0.05) is 19.4 Å². The van der Waals surface area contributed by atoms with Crippen LogP contribution in [0.5, 0.6) is 0 Å². The molecule has 3 nitrogen and oxygen atoms in total.